The standard InChI is InChI=1S/C16H20O/c1-2-3-4-8-13-16(17,15-11-12-15)14-9-6-5-7-10-14/h5-7,9-10,15,17H,2-4,11-12H2,1H3. The largest absolute Gasteiger partial charge is 0.373 e. The maximum atomic E-state index is 10.7. The van der Waals surface area contributed by atoms with Crippen molar-refractivity contribution in [2.24, 2.45) is 5.92 Å². The Morgan fingerprint density at radius 1 is 1.29 bits per heavy atom. The predicted molar refractivity (Wildman–Crippen MR) is 70.4 cm³/mol. The normalized spacial score (nSPS) is 18.0. The fourth-order valence-electron chi connectivity index (χ4n) is 2.07. The summed E-state index contributed by atoms with van der Waals surface area (Å²) < 4.78 is 0. The molecule has 90 valence electrons. The summed E-state index contributed by atoms with van der Waals surface area (Å²) in [6.07, 6.45) is 5.34. The molecule has 0 radical (unpaired) electrons. The van der Waals surface area contributed by atoms with Crippen molar-refractivity contribution < 1.29 is 5.11 Å². The number of unbranched alkanes of at least 4 members (excludes halogenated alkanes) is 2. The minimum Gasteiger partial charge on any atom is -0.373 e. The van der Waals surface area contributed by atoms with Crippen LogP contribution in [0.4, 0.5) is 0 Å². The Balaban J connectivity index is 2.17. The second-order valence-electron chi connectivity index (χ2n) is 4.81. The lowest BCUT2D eigenvalue weighted by molar-refractivity contribution is 0.0756. The zero-order valence-corrected chi connectivity index (χ0v) is 10.4. The molecule has 1 aliphatic carbocycles. The number of aliphatic hydroxyl groups is 1. The van der Waals surface area contributed by atoms with Gasteiger partial charge in [-0.1, -0.05) is 55.5 Å². The van der Waals surface area contributed by atoms with Gasteiger partial charge in [-0.05, 0) is 24.8 Å². The number of hydrogen-bond acceptors (Lipinski definition) is 1. The van der Waals surface area contributed by atoms with E-state index in [4.69, 9.17) is 0 Å². The molecule has 0 aliphatic heterocycles. The third-order valence-corrected chi connectivity index (χ3v) is 3.32. The molecule has 2 rings (SSSR count). The van der Waals surface area contributed by atoms with Gasteiger partial charge in [0.2, 0.25) is 0 Å². The third-order valence-electron chi connectivity index (χ3n) is 3.32. The van der Waals surface area contributed by atoms with Gasteiger partial charge in [0.15, 0.2) is 5.60 Å². The number of rotatable bonds is 4. The van der Waals surface area contributed by atoms with E-state index in [2.05, 4.69) is 18.8 Å². The summed E-state index contributed by atoms with van der Waals surface area (Å²) in [6, 6.07) is 9.87. The monoisotopic (exact) mass is 228 g/mol. The van der Waals surface area contributed by atoms with Crippen LogP contribution in [-0.4, -0.2) is 5.11 Å². The number of benzene rings is 1. The van der Waals surface area contributed by atoms with E-state index in [1.54, 1.807) is 0 Å². The van der Waals surface area contributed by atoms with Crippen LogP contribution in [0.3, 0.4) is 0 Å². The second-order valence-corrected chi connectivity index (χ2v) is 4.81. The molecule has 0 saturated heterocycles. The van der Waals surface area contributed by atoms with Crippen LogP contribution in [0.1, 0.15) is 44.6 Å². The molecule has 1 saturated carbocycles. The molecule has 1 heteroatoms. The van der Waals surface area contributed by atoms with Gasteiger partial charge in [0.25, 0.3) is 0 Å². The SMILES string of the molecule is CCCCC#CC(O)(c1ccccc1)C1CC1. The summed E-state index contributed by atoms with van der Waals surface area (Å²) in [4.78, 5) is 0. The summed E-state index contributed by atoms with van der Waals surface area (Å²) in [5, 5.41) is 10.7. The Morgan fingerprint density at radius 2 is 2.00 bits per heavy atom. The molecule has 17 heavy (non-hydrogen) atoms. The van der Waals surface area contributed by atoms with Crippen molar-refractivity contribution in [1.29, 1.82) is 0 Å². The van der Waals surface area contributed by atoms with Gasteiger partial charge < -0.3 is 5.11 Å². The molecule has 0 aromatic heterocycles. The van der Waals surface area contributed by atoms with Crippen molar-refractivity contribution in [3.63, 3.8) is 0 Å². The Hall–Kier alpha value is -1.26. The van der Waals surface area contributed by atoms with Crippen LogP contribution in [0.15, 0.2) is 30.3 Å². The van der Waals surface area contributed by atoms with Gasteiger partial charge in [0.05, 0.1) is 0 Å². The molecule has 0 amide bonds. The lowest BCUT2D eigenvalue weighted by Crippen LogP contribution is -2.26. The Bertz CT molecular complexity index is 408. The van der Waals surface area contributed by atoms with Crippen LogP contribution in [0.25, 0.3) is 0 Å². The zero-order valence-electron chi connectivity index (χ0n) is 10.4. The van der Waals surface area contributed by atoms with Crippen molar-refractivity contribution in [1.82, 2.24) is 0 Å². The van der Waals surface area contributed by atoms with E-state index in [1.807, 2.05) is 30.3 Å². The van der Waals surface area contributed by atoms with Gasteiger partial charge >= 0.3 is 0 Å². The first-order valence-corrected chi connectivity index (χ1v) is 6.55. The van der Waals surface area contributed by atoms with E-state index < -0.39 is 5.60 Å². The second kappa shape index (κ2) is 5.38. The van der Waals surface area contributed by atoms with Crippen molar-refractivity contribution in [2.45, 2.75) is 44.6 Å². The first kappa shape index (κ1) is 12.2. The van der Waals surface area contributed by atoms with Gasteiger partial charge in [-0.2, -0.15) is 0 Å². The average molecular weight is 228 g/mol. The Kier molecular flexibility index (Phi) is 3.86. The molecule has 0 heterocycles. The van der Waals surface area contributed by atoms with Gasteiger partial charge in [-0.25, -0.2) is 0 Å². The fourth-order valence-corrected chi connectivity index (χ4v) is 2.07. The van der Waals surface area contributed by atoms with Crippen molar-refractivity contribution in [3.05, 3.63) is 35.9 Å². The molecule has 1 unspecified atom stereocenters. The summed E-state index contributed by atoms with van der Waals surface area (Å²) in [6.45, 7) is 2.16. The molecule has 1 aliphatic rings. The average Bonchev–Trinajstić information content (AvgIpc) is 3.20. The van der Waals surface area contributed by atoms with Crippen LogP contribution in [0.2, 0.25) is 0 Å². The van der Waals surface area contributed by atoms with Crippen LogP contribution >= 0.6 is 0 Å². The molecular weight excluding hydrogens is 208 g/mol. The highest BCUT2D eigenvalue weighted by Gasteiger charge is 2.43. The Labute approximate surface area is 104 Å². The topological polar surface area (TPSA) is 20.2 Å². The van der Waals surface area contributed by atoms with E-state index in [0.717, 1.165) is 37.7 Å². The maximum Gasteiger partial charge on any atom is 0.153 e. The molecule has 0 spiro atoms. The van der Waals surface area contributed by atoms with Gasteiger partial charge in [-0.15, -0.1) is 0 Å². The minimum absolute atomic E-state index is 0.332. The molecule has 1 nitrogen and oxygen atoms in total. The van der Waals surface area contributed by atoms with Crippen molar-refractivity contribution in [2.75, 3.05) is 0 Å². The fraction of sp³-hybridized carbons (Fsp3) is 0.500. The highest BCUT2D eigenvalue weighted by molar-refractivity contribution is 5.34. The summed E-state index contributed by atoms with van der Waals surface area (Å²) in [5.41, 5.74) is 0.0427. The smallest absolute Gasteiger partial charge is 0.153 e. The highest BCUT2D eigenvalue weighted by atomic mass is 16.3. The van der Waals surface area contributed by atoms with Crippen LogP contribution < -0.4 is 0 Å². The zero-order chi connectivity index (χ0) is 12.1. The van der Waals surface area contributed by atoms with Crippen molar-refractivity contribution >= 4 is 0 Å². The summed E-state index contributed by atoms with van der Waals surface area (Å²) >= 11 is 0. The lowest BCUT2D eigenvalue weighted by atomic mass is 9.89. The molecule has 1 fully saturated rings. The molecule has 0 bridgehead atoms. The van der Waals surface area contributed by atoms with E-state index in [1.165, 1.54) is 0 Å². The lowest BCUT2D eigenvalue weighted by Gasteiger charge is -2.22. The van der Waals surface area contributed by atoms with E-state index >= 15 is 0 Å². The van der Waals surface area contributed by atoms with E-state index in [-0.39, 0.29) is 0 Å². The van der Waals surface area contributed by atoms with E-state index in [9.17, 15) is 5.11 Å². The molecule has 1 aromatic rings. The summed E-state index contributed by atoms with van der Waals surface area (Å²) in [5.74, 6) is 6.59. The van der Waals surface area contributed by atoms with Crippen LogP contribution in [0.5, 0.6) is 0 Å². The molecule has 1 N–H and O–H groups in total. The van der Waals surface area contributed by atoms with Crippen LogP contribution in [0, 0.1) is 17.8 Å². The van der Waals surface area contributed by atoms with Crippen molar-refractivity contribution in [3.8, 4) is 11.8 Å². The maximum absolute atomic E-state index is 10.7. The minimum atomic E-state index is -0.908. The molecular formula is C16H20O. The van der Waals surface area contributed by atoms with Gasteiger partial charge in [0.1, 0.15) is 0 Å². The first-order chi connectivity index (χ1) is 8.27. The van der Waals surface area contributed by atoms with Crippen LogP contribution in [-0.2, 0) is 5.60 Å². The summed E-state index contributed by atoms with van der Waals surface area (Å²) in [7, 11) is 0. The molecule has 1 atom stereocenters. The highest BCUT2D eigenvalue weighted by Crippen LogP contribution is 2.45. The van der Waals surface area contributed by atoms with Gasteiger partial charge in [0, 0.05) is 12.3 Å². The predicted octanol–water partition coefficient (Wildman–Crippen LogP) is 3.48. The van der Waals surface area contributed by atoms with E-state index in [0.29, 0.717) is 5.92 Å². The third kappa shape index (κ3) is 2.90. The Morgan fingerprint density at radius 3 is 2.59 bits per heavy atom. The van der Waals surface area contributed by atoms with Gasteiger partial charge in [-0.3, -0.25) is 0 Å². The molecule has 1 aromatic carbocycles. The quantitative estimate of drug-likeness (QED) is 0.618. The number of hydrogen-bond donors (Lipinski definition) is 1. The first-order valence-electron chi connectivity index (χ1n) is 6.55.